The number of rotatable bonds is 3. The number of anilines is 1. The van der Waals surface area contributed by atoms with Crippen LogP contribution in [-0.2, 0) is 25.8 Å². The zero-order valence-corrected chi connectivity index (χ0v) is 14.9. The Bertz CT molecular complexity index is 959. The molecule has 136 valence electrons. The van der Waals surface area contributed by atoms with Gasteiger partial charge in [-0.3, -0.25) is 9.89 Å². The van der Waals surface area contributed by atoms with E-state index in [1.807, 2.05) is 11.1 Å². The Balaban J connectivity index is 1.27. The molecule has 3 heterocycles. The average molecular weight is 360 g/mol. The van der Waals surface area contributed by atoms with Gasteiger partial charge < -0.3 is 10.2 Å². The number of carbonyl (C=O) groups excluding carboxylic acids is 1. The predicted octanol–water partition coefficient (Wildman–Crippen LogP) is 1.98. The quantitative estimate of drug-likeness (QED) is 0.746. The summed E-state index contributed by atoms with van der Waals surface area (Å²) in [6.07, 6.45) is 7.78. The van der Waals surface area contributed by atoms with E-state index in [0.717, 1.165) is 30.5 Å². The number of H-pyrrole nitrogens is 1. The maximum Gasteiger partial charge on any atom is 0.257 e. The van der Waals surface area contributed by atoms with Gasteiger partial charge in [-0.05, 0) is 24.0 Å². The maximum absolute atomic E-state index is 12.5. The highest BCUT2D eigenvalue weighted by molar-refractivity contribution is 5.93. The molecule has 7 nitrogen and oxygen atoms in total. The first-order valence-electron chi connectivity index (χ1n) is 9.22. The summed E-state index contributed by atoms with van der Waals surface area (Å²) < 4.78 is 0. The highest BCUT2D eigenvalue weighted by Crippen LogP contribution is 2.24. The van der Waals surface area contributed by atoms with E-state index in [4.69, 9.17) is 4.98 Å². The van der Waals surface area contributed by atoms with Crippen LogP contribution in [0.2, 0.25) is 0 Å². The zero-order valence-electron chi connectivity index (χ0n) is 14.9. The van der Waals surface area contributed by atoms with Crippen LogP contribution in [0, 0.1) is 0 Å². The zero-order chi connectivity index (χ0) is 18.2. The average Bonchev–Trinajstić information content (AvgIpc) is 3.36. The minimum Gasteiger partial charge on any atom is -0.351 e. The number of hydrogen-bond donors (Lipinski definition) is 2. The van der Waals surface area contributed by atoms with Crippen molar-refractivity contribution in [1.82, 2.24) is 25.1 Å². The Morgan fingerprint density at radius 3 is 2.70 bits per heavy atom. The van der Waals surface area contributed by atoms with Crippen LogP contribution in [0.1, 0.15) is 32.7 Å². The molecule has 27 heavy (non-hydrogen) atoms. The summed E-state index contributed by atoms with van der Waals surface area (Å²) in [5.41, 5.74) is 5.43. The fourth-order valence-corrected chi connectivity index (χ4v) is 3.95. The summed E-state index contributed by atoms with van der Waals surface area (Å²) in [6, 6.07) is 8.90. The van der Waals surface area contributed by atoms with Crippen LogP contribution in [0.15, 0.2) is 42.9 Å². The number of nitrogens with one attached hydrogen (secondary N) is 2. The number of fused-ring (bicyclic) bond motifs is 2. The van der Waals surface area contributed by atoms with E-state index in [2.05, 4.69) is 44.8 Å². The molecule has 1 aliphatic carbocycles. The van der Waals surface area contributed by atoms with E-state index < -0.39 is 0 Å². The van der Waals surface area contributed by atoms with Gasteiger partial charge in [0.15, 0.2) is 0 Å². The first-order chi connectivity index (χ1) is 13.3. The normalized spacial score (nSPS) is 16.1. The van der Waals surface area contributed by atoms with E-state index in [0.29, 0.717) is 30.6 Å². The number of aromatic amines is 1. The monoisotopic (exact) mass is 360 g/mol. The molecule has 0 radical (unpaired) electrons. The van der Waals surface area contributed by atoms with Crippen LogP contribution in [0.25, 0.3) is 0 Å². The lowest BCUT2D eigenvalue weighted by Gasteiger charge is -2.28. The summed E-state index contributed by atoms with van der Waals surface area (Å²) in [4.78, 5) is 23.5. The Morgan fingerprint density at radius 2 is 1.96 bits per heavy atom. The van der Waals surface area contributed by atoms with E-state index in [1.54, 1.807) is 12.4 Å². The molecule has 2 aliphatic rings. The molecule has 7 heteroatoms. The van der Waals surface area contributed by atoms with E-state index >= 15 is 0 Å². The van der Waals surface area contributed by atoms with Crippen LogP contribution >= 0.6 is 0 Å². The lowest BCUT2D eigenvalue weighted by Crippen LogP contribution is -2.36. The van der Waals surface area contributed by atoms with Gasteiger partial charge >= 0.3 is 0 Å². The van der Waals surface area contributed by atoms with E-state index in [-0.39, 0.29) is 5.91 Å². The second-order valence-electron chi connectivity index (χ2n) is 7.15. The molecule has 0 bridgehead atoms. The molecule has 1 aromatic carbocycles. The van der Waals surface area contributed by atoms with Crippen molar-refractivity contribution in [3.8, 4) is 0 Å². The van der Waals surface area contributed by atoms with Crippen molar-refractivity contribution in [2.45, 2.75) is 31.8 Å². The van der Waals surface area contributed by atoms with E-state index in [9.17, 15) is 4.79 Å². The lowest BCUT2D eigenvalue weighted by atomic mass is 10.1. The third-order valence-corrected chi connectivity index (χ3v) is 5.35. The minimum absolute atomic E-state index is 0.0136. The fraction of sp³-hybridized carbons (Fsp3) is 0.300. The molecule has 1 aliphatic heterocycles. The Hall–Kier alpha value is -3.22. The summed E-state index contributed by atoms with van der Waals surface area (Å²) in [5.74, 6) is 0.668. The molecule has 1 amide bonds. The fourth-order valence-electron chi connectivity index (χ4n) is 3.95. The SMILES string of the molecule is O=C(c1cn[nH]c1)N1CCc2nc(NC3Cc4ccccc4C3)ncc2C1. The van der Waals surface area contributed by atoms with Crippen molar-refractivity contribution in [2.75, 3.05) is 11.9 Å². The molecular formula is C20H20N6O. The standard InChI is InChI=1S/C20H20N6O/c27-19(15-10-22-23-11-15)26-6-5-18-16(12-26)9-21-20(25-18)24-17-7-13-3-1-2-4-14(13)8-17/h1-4,9-11,17H,5-8,12H2,(H,22,23)(H,21,24,25). The van der Waals surface area contributed by atoms with Crippen molar-refractivity contribution < 1.29 is 4.79 Å². The topological polar surface area (TPSA) is 86.8 Å². The Labute approximate surface area is 156 Å². The summed E-state index contributed by atoms with van der Waals surface area (Å²) >= 11 is 0. The van der Waals surface area contributed by atoms with Gasteiger partial charge in [-0.1, -0.05) is 24.3 Å². The molecule has 0 saturated heterocycles. The van der Waals surface area contributed by atoms with Gasteiger partial charge in [0.05, 0.1) is 17.5 Å². The third kappa shape index (κ3) is 3.05. The van der Waals surface area contributed by atoms with Crippen LogP contribution in [-0.4, -0.2) is 43.6 Å². The molecule has 0 unspecified atom stereocenters. The molecule has 0 spiro atoms. The second kappa shape index (κ2) is 6.50. The summed E-state index contributed by atoms with van der Waals surface area (Å²) in [7, 11) is 0. The number of carbonyl (C=O) groups is 1. The van der Waals surface area contributed by atoms with Crippen molar-refractivity contribution in [1.29, 1.82) is 0 Å². The smallest absolute Gasteiger partial charge is 0.257 e. The largest absolute Gasteiger partial charge is 0.351 e. The highest BCUT2D eigenvalue weighted by Gasteiger charge is 2.25. The third-order valence-electron chi connectivity index (χ3n) is 5.35. The molecule has 3 aromatic rings. The van der Waals surface area contributed by atoms with Gasteiger partial charge in [0.1, 0.15) is 0 Å². The van der Waals surface area contributed by atoms with Gasteiger partial charge in [-0.2, -0.15) is 5.10 Å². The molecule has 5 rings (SSSR count). The minimum atomic E-state index is -0.0136. The van der Waals surface area contributed by atoms with Gasteiger partial charge in [0.25, 0.3) is 5.91 Å². The van der Waals surface area contributed by atoms with Gasteiger partial charge in [-0.25, -0.2) is 9.97 Å². The van der Waals surface area contributed by atoms with E-state index in [1.165, 1.54) is 11.1 Å². The number of aromatic nitrogens is 4. The Morgan fingerprint density at radius 1 is 1.15 bits per heavy atom. The molecule has 0 saturated carbocycles. The highest BCUT2D eigenvalue weighted by atomic mass is 16.2. The molecule has 2 N–H and O–H groups in total. The molecular weight excluding hydrogens is 340 g/mol. The second-order valence-corrected chi connectivity index (χ2v) is 7.15. The first kappa shape index (κ1) is 16.0. The number of amides is 1. The Kier molecular flexibility index (Phi) is 3.85. The van der Waals surface area contributed by atoms with Crippen LogP contribution in [0.3, 0.4) is 0 Å². The van der Waals surface area contributed by atoms with Gasteiger partial charge in [0, 0.05) is 43.5 Å². The van der Waals surface area contributed by atoms with Crippen molar-refractivity contribution >= 4 is 11.9 Å². The number of nitrogens with zero attached hydrogens (tertiary/aromatic N) is 4. The first-order valence-corrected chi connectivity index (χ1v) is 9.22. The van der Waals surface area contributed by atoms with Crippen molar-refractivity contribution in [3.05, 3.63) is 70.8 Å². The predicted molar refractivity (Wildman–Crippen MR) is 100 cm³/mol. The maximum atomic E-state index is 12.5. The number of hydrogen-bond acceptors (Lipinski definition) is 5. The molecule has 0 atom stereocenters. The molecule has 0 fully saturated rings. The van der Waals surface area contributed by atoms with Crippen LogP contribution < -0.4 is 5.32 Å². The van der Waals surface area contributed by atoms with Crippen molar-refractivity contribution in [3.63, 3.8) is 0 Å². The summed E-state index contributed by atoms with van der Waals surface area (Å²) in [6.45, 7) is 1.19. The molecule has 2 aromatic heterocycles. The number of benzene rings is 1. The van der Waals surface area contributed by atoms with Crippen LogP contribution in [0.4, 0.5) is 5.95 Å². The summed E-state index contributed by atoms with van der Waals surface area (Å²) in [5, 5.41) is 10.0. The van der Waals surface area contributed by atoms with Gasteiger partial charge in [-0.15, -0.1) is 0 Å². The van der Waals surface area contributed by atoms with Crippen molar-refractivity contribution in [2.24, 2.45) is 0 Å². The lowest BCUT2D eigenvalue weighted by molar-refractivity contribution is 0.0733. The van der Waals surface area contributed by atoms with Crippen LogP contribution in [0.5, 0.6) is 0 Å². The van der Waals surface area contributed by atoms with Gasteiger partial charge in [0.2, 0.25) is 5.95 Å².